The van der Waals surface area contributed by atoms with Gasteiger partial charge in [0.15, 0.2) is 11.5 Å². The summed E-state index contributed by atoms with van der Waals surface area (Å²) in [4.78, 5) is 36.2. The number of benzene rings is 2. The molecule has 44 heavy (non-hydrogen) atoms. The molecule has 1 N–H and O–H groups in total. The molecule has 1 fully saturated rings. The van der Waals surface area contributed by atoms with E-state index in [1.165, 1.54) is 18.4 Å². The molecule has 0 saturated carbocycles. The molecule has 1 aliphatic carbocycles. The van der Waals surface area contributed by atoms with Crippen LogP contribution in [0.4, 0.5) is 5.82 Å². The van der Waals surface area contributed by atoms with Crippen molar-refractivity contribution in [3.05, 3.63) is 75.7 Å². The van der Waals surface area contributed by atoms with E-state index in [1.54, 1.807) is 6.07 Å². The molecular weight excluding hydrogens is 558 g/mol. The highest BCUT2D eigenvalue weighted by Gasteiger charge is 2.28. The van der Waals surface area contributed by atoms with Gasteiger partial charge in [-0.15, -0.1) is 0 Å². The van der Waals surface area contributed by atoms with E-state index in [2.05, 4.69) is 27.2 Å². The third kappa shape index (κ3) is 5.61. The van der Waals surface area contributed by atoms with Gasteiger partial charge in [0.2, 0.25) is 12.7 Å². The predicted octanol–water partition coefficient (Wildman–Crippen LogP) is 5.06. The second-order valence-corrected chi connectivity index (χ2v) is 11.8. The lowest BCUT2D eigenvalue weighted by molar-refractivity contribution is -0.133. The molecule has 1 atom stereocenters. The molecule has 1 amide bonds. The normalized spacial score (nSPS) is 17.1. The van der Waals surface area contributed by atoms with Crippen molar-refractivity contribution in [3.63, 3.8) is 0 Å². The quantitative estimate of drug-likeness (QED) is 0.282. The van der Waals surface area contributed by atoms with E-state index in [-0.39, 0.29) is 18.3 Å². The number of H-pyrrole nitrogens is 1. The molecule has 0 radical (unpaired) electrons. The number of carbonyl (C=O) groups is 1. The second-order valence-electron chi connectivity index (χ2n) is 11.8. The minimum Gasteiger partial charge on any atom is -0.454 e. The zero-order valence-corrected chi connectivity index (χ0v) is 25.0. The summed E-state index contributed by atoms with van der Waals surface area (Å²) >= 11 is 0. The van der Waals surface area contributed by atoms with Gasteiger partial charge >= 0.3 is 0 Å². The highest BCUT2D eigenvalue weighted by molar-refractivity contribution is 5.91. The van der Waals surface area contributed by atoms with E-state index >= 15 is 0 Å². The number of hydrogen-bond donors (Lipinski definition) is 1. The van der Waals surface area contributed by atoms with Gasteiger partial charge in [-0.1, -0.05) is 29.8 Å². The molecule has 1 saturated heterocycles. The van der Waals surface area contributed by atoms with Gasteiger partial charge in [0, 0.05) is 48.6 Å². The lowest BCUT2D eigenvalue weighted by Gasteiger charge is -2.32. The van der Waals surface area contributed by atoms with Gasteiger partial charge in [-0.3, -0.25) is 9.59 Å². The van der Waals surface area contributed by atoms with Crippen molar-refractivity contribution in [2.75, 3.05) is 44.5 Å². The van der Waals surface area contributed by atoms with Gasteiger partial charge < -0.3 is 24.0 Å². The number of nitrogens with zero attached hydrogens (tertiary/aromatic N) is 4. The number of nitrogens with one attached hydrogen (secondary N) is 1. The number of anilines is 1. The Morgan fingerprint density at radius 3 is 2.66 bits per heavy atom. The van der Waals surface area contributed by atoms with Crippen molar-refractivity contribution < 1.29 is 19.0 Å². The maximum atomic E-state index is 14.4. The SMILES string of the molecule is CC(C(=O)N(CCC1=CCCCC1)Cc1cc2cc3c(cc2nc1N1CCOCC1)OCO3)c1n[nH]c(=O)c2ccccc12. The molecule has 3 aliphatic rings. The van der Waals surface area contributed by atoms with Crippen LogP contribution in [0.1, 0.15) is 56.2 Å². The van der Waals surface area contributed by atoms with Crippen LogP contribution in [-0.2, 0) is 16.1 Å². The molecule has 2 aliphatic heterocycles. The van der Waals surface area contributed by atoms with Crippen LogP contribution in [0.2, 0.25) is 0 Å². The Balaban J connectivity index is 1.27. The minimum atomic E-state index is -0.564. The first-order chi connectivity index (χ1) is 21.5. The Hall–Kier alpha value is -4.44. The molecule has 10 heteroatoms. The summed E-state index contributed by atoms with van der Waals surface area (Å²) in [7, 11) is 0. The Bertz CT molecular complexity index is 1790. The van der Waals surface area contributed by atoms with Gasteiger partial charge in [-0.2, -0.15) is 5.10 Å². The van der Waals surface area contributed by atoms with Crippen molar-refractivity contribution in [2.45, 2.75) is 51.5 Å². The summed E-state index contributed by atoms with van der Waals surface area (Å²) < 4.78 is 16.9. The van der Waals surface area contributed by atoms with Gasteiger partial charge in [0.25, 0.3) is 5.56 Å². The average molecular weight is 596 g/mol. The number of carbonyl (C=O) groups excluding carboxylic acids is 1. The van der Waals surface area contributed by atoms with Crippen molar-refractivity contribution in [2.24, 2.45) is 0 Å². The summed E-state index contributed by atoms with van der Waals surface area (Å²) in [5, 5.41) is 9.15. The summed E-state index contributed by atoms with van der Waals surface area (Å²) in [5.74, 6) is 1.65. The number of morpholine rings is 1. The van der Waals surface area contributed by atoms with E-state index in [0.29, 0.717) is 54.3 Å². The first-order valence-electron chi connectivity index (χ1n) is 15.5. The lowest BCUT2D eigenvalue weighted by atomic mass is 9.96. The van der Waals surface area contributed by atoms with E-state index in [0.717, 1.165) is 54.6 Å². The van der Waals surface area contributed by atoms with E-state index in [9.17, 15) is 9.59 Å². The van der Waals surface area contributed by atoms with E-state index < -0.39 is 5.92 Å². The predicted molar refractivity (Wildman–Crippen MR) is 168 cm³/mol. The second kappa shape index (κ2) is 12.3. The van der Waals surface area contributed by atoms with Crippen LogP contribution in [0.15, 0.2) is 58.9 Å². The number of fused-ring (bicyclic) bond motifs is 3. The average Bonchev–Trinajstić information content (AvgIpc) is 3.53. The maximum Gasteiger partial charge on any atom is 0.272 e. The Kier molecular flexibility index (Phi) is 7.91. The summed E-state index contributed by atoms with van der Waals surface area (Å²) in [6, 6.07) is 13.4. The monoisotopic (exact) mass is 595 g/mol. The molecule has 4 heterocycles. The number of aromatic nitrogens is 3. The molecule has 2 aromatic carbocycles. The van der Waals surface area contributed by atoms with Crippen molar-refractivity contribution in [3.8, 4) is 11.5 Å². The van der Waals surface area contributed by atoms with E-state index in [4.69, 9.17) is 19.2 Å². The Labute approximate surface area is 255 Å². The number of aromatic amines is 1. The molecule has 2 aromatic heterocycles. The number of hydrogen-bond acceptors (Lipinski definition) is 8. The molecular formula is C34H37N5O5. The van der Waals surface area contributed by atoms with Crippen LogP contribution in [0, 0.1) is 0 Å². The van der Waals surface area contributed by atoms with Crippen LogP contribution < -0.4 is 19.9 Å². The molecule has 7 rings (SSSR count). The number of allylic oxidation sites excluding steroid dienone is 1. The number of ether oxygens (including phenoxy) is 3. The van der Waals surface area contributed by atoms with Crippen LogP contribution >= 0.6 is 0 Å². The van der Waals surface area contributed by atoms with Gasteiger partial charge in [0.05, 0.1) is 35.7 Å². The van der Waals surface area contributed by atoms with Crippen LogP contribution in [0.3, 0.4) is 0 Å². The number of pyridine rings is 1. The fraction of sp³-hybridized carbons (Fsp3) is 0.412. The van der Waals surface area contributed by atoms with Crippen molar-refractivity contribution in [1.29, 1.82) is 0 Å². The molecule has 0 bridgehead atoms. The maximum absolute atomic E-state index is 14.4. The highest BCUT2D eigenvalue weighted by Crippen LogP contribution is 2.38. The fourth-order valence-corrected chi connectivity index (χ4v) is 6.50. The summed E-state index contributed by atoms with van der Waals surface area (Å²) in [6.07, 6.45) is 7.75. The molecule has 10 nitrogen and oxygen atoms in total. The van der Waals surface area contributed by atoms with Gasteiger partial charge in [-0.05, 0) is 57.2 Å². The minimum absolute atomic E-state index is 0.0372. The lowest BCUT2D eigenvalue weighted by Crippen LogP contribution is -2.39. The molecule has 228 valence electrons. The summed E-state index contributed by atoms with van der Waals surface area (Å²) in [6.45, 7) is 5.74. The largest absolute Gasteiger partial charge is 0.454 e. The zero-order chi connectivity index (χ0) is 30.0. The van der Waals surface area contributed by atoms with Crippen molar-refractivity contribution in [1.82, 2.24) is 20.1 Å². The zero-order valence-electron chi connectivity index (χ0n) is 25.0. The highest BCUT2D eigenvalue weighted by atomic mass is 16.7. The topological polar surface area (TPSA) is 110 Å². The number of amides is 1. The van der Waals surface area contributed by atoms with Gasteiger partial charge in [0.1, 0.15) is 5.82 Å². The van der Waals surface area contributed by atoms with E-state index in [1.807, 2.05) is 42.2 Å². The van der Waals surface area contributed by atoms with Crippen molar-refractivity contribution >= 4 is 33.4 Å². The summed E-state index contributed by atoms with van der Waals surface area (Å²) in [5.41, 5.74) is 3.51. The van der Waals surface area contributed by atoms with Gasteiger partial charge in [-0.25, -0.2) is 10.1 Å². The third-order valence-corrected chi connectivity index (χ3v) is 8.94. The Morgan fingerprint density at radius 2 is 1.86 bits per heavy atom. The third-order valence-electron chi connectivity index (χ3n) is 8.94. The first kappa shape index (κ1) is 28.3. The molecule has 1 unspecified atom stereocenters. The van der Waals surface area contributed by atoms with Crippen LogP contribution in [-0.4, -0.2) is 65.6 Å². The Morgan fingerprint density at radius 1 is 1.07 bits per heavy atom. The van der Waals surface area contributed by atoms with Crippen LogP contribution in [0.5, 0.6) is 11.5 Å². The smallest absolute Gasteiger partial charge is 0.272 e. The van der Waals surface area contributed by atoms with Crippen LogP contribution in [0.25, 0.3) is 21.7 Å². The standard InChI is InChI=1S/C34H37N5O5/c1-22(31-26-9-5-6-10-27(26)33(40)37-36-31)34(41)39(12-11-23-7-3-2-4-8-23)20-25-17-24-18-29-30(44-21-43-29)19-28(24)35-32(25)38-13-15-42-16-14-38/h5-7,9-10,17-19,22H,2-4,8,11-16,20-21H2,1H3,(H,37,40). The molecule has 0 spiro atoms. The fourth-order valence-electron chi connectivity index (χ4n) is 6.50. The first-order valence-corrected chi connectivity index (χ1v) is 15.5. The molecule has 4 aromatic rings. The number of rotatable bonds is 8.